The molecule has 5 heteroatoms. The zero-order valence-electron chi connectivity index (χ0n) is 14.7. The monoisotopic (exact) mass is 350 g/mol. The van der Waals surface area contributed by atoms with Crippen molar-refractivity contribution in [3.05, 3.63) is 51.9 Å². The first-order valence-electron chi connectivity index (χ1n) is 9.78. The van der Waals surface area contributed by atoms with Crippen LogP contribution in [0.3, 0.4) is 0 Å². The molecule has 5 aliphatic rings. The minimum absolute atomic E-state index is 0.0133. The first-order valence-corrected chi connectivity index (χ1v) is 9.78. The standard InChI is InChI=1S/C21H22N2O3/c24-23(25)17-3-6-19(22-11-17)26-18-4-1-13(2-5-18)20-9-15-7-14-8-16(10-20)21(14,15)12-20/h1,3-4,6,11,14-16H,2,5,7-10,12H2. The van der Waals surface area contributed by atoms with E-state index in [1.54, 1.807) is 11.6 Å². The minimum atomic E-state index is -0.446. The van der Waals surface area contributed by atoms with Crippen LogP contribution in [0.2, 0.25) is 0 Å². The highest BCUT2D eigenvalue weighted by molar-refractivity contribution is 5.37. The molecule has 5 aliphatic carbocycles. The first kappa shape index (κ1) is 14.9. The lowest BCUT2D eigenvalue weighted by Gasteiger charge is -2.66. The van der Waals surface area contributed by atoms with Gasteiger partial charge in [-0.25, -0.2) is 4.98 Å². The first-order chi connectivity index (χ1) is 12.6. The number of fused-ring (bicyclic) bond motifs is 1. The van der Waals surface area contributed by atoms with Gasteiger partial charge in [-0.1, -0.05) is 11.6 Å². The zero-order valence-corrected chi connectivity index (χ0v) is 14.7. The Balaban J connectivity index is 1.20. The van der Waals surface area contributed by atoms with E-state index in [1.165, 1.54) is 44.4 Å². The van der Waals surface area contributed by atoms with E-state index < -0.39 is 4.92 Å². The van der Waals surface area contributed by atoms with Crippen molar-refractivity contribution in [3.8, 4) is 5.88 Å². The van der Waals surface area contributed by atoms with Gasteiger partial charge in [0.2, 0.25) is 5.88 Å². The summed E-state index contributed by atoms with van der Waals surface area (Å²) in [5, 5.41) is 10.7. The molecule has 6 rings (SSSR count). The maximum absolute atomic E-state index is 10.7. The normalized spacial score (nSPS) is 41.5. The summed E-state index contributed by atoms with van der Waals surface area (Å²) in [7, 11) is 0. The SMILES string of the molecule is O=[N+]([O-])c1ccc(OC2=CC=C(C34CC5CC6CC(C3)C65C4)CC2)nc1. The van der Waals surface area contributed by atoms with Gasteiger partial charge < -0.3 is 4.74 Å². The number of allylic oxidation sites excluding steroid dienone is 4. The smallest absolute Gasteiger partial charge is 0.287 e. The molecule has 1 spiro atoms. The molecule has 0 saturated heterocycles. The van der Waals surface area contributed by atoms with Crippen LogP contribution in [0, 0.1) is 38.7 Å². The third-order valence-electron chi connectivity index (χ3n) is 8.30. The summed E-state index contributed by atoms with van der Waals surface area (Å²) in [6.45, 7) is 0. The average Bonchev–Trinajstić information content (AvgIpc) is 3.11. The van der Waals surface area contributed by atoms with Gasteiger partial charge in [-0.2, -0.15) is 0 Å². The average molecular weight is 350 g/mol. The van der Waals surface area contributed by atoms with E-state index in [-0.39, 0.29) is 5.69 Å². The molecule has 0 amide bonds. The zero-order chi connectivity index (χ0) is 17.5. The molecule has 2 bridgehead atoms. The van der Waals surface area contributed by atoms with Crippen molar-refractivity contribution in [2.24, 2.45) is 28.6 Å². The van der Waals surface area contributed by atoms with Gasteiger partial charge >= 0.3 is 0 Å². The van der Waals surface area contributed by atoms with E-state index in [1.807, 2.05) is 0 Å². The van der Waals surface area contributed by atoms with Crippen LogP contribution in [-0.2, 0) is 0 Å². The minimum Gasteiger partial charge on any atom is -0.443 e. The summed E-state index contributed by atoms with van der Waals surface area (Å²) >= 11 is 0. The van der Waals surface area contributed by atoms with Crippen LogP contribution in [0.25, 0.3) is 0 Å². The second kappa shape index (κ2) is 4.76. The van der Waals surface area contributed by atoms with Gasteiger partial charge in [0.15, 0.2) is 0 Å². The van der Waals surface area contributed by atoms with Gasteiger partial charge in [0.1, 0.15) is 12.0 Å². The summed E-state index contributed by atoms with van der Waals surface area (Å²) in [6, 6.07) is 3.00. The molecule has 134 valence electrons. The maximum Gasteiger partial charge on any atom is 0.287 e. The van der Waals surface area contributed by atoms with Crippen molar-refractivity contribution in [1.82, 2.24) is 4.98 Å². The maximum atomic E-state index is 10.7. The van der Waals surface area contributed by atoms with E-state index >= 15 is 0 Å². The highest BCUT2D eigenvalue weighted by atomic mass is 16.6. The second-order valence-corrected chi connectivity index (χ2v) is 9.08. The summed E-state index contributed by atoms with van der Waals surface area (Å²) in [4.78, 5) is 14.3. The summed E-state index contributed by atoms with van der Waals surface area (Å²) in [5.74, 6) is 4.44. The van der Waals surface area contributed by atoms with Crippen LogP contribution in [0.1, 0.15) is 44.9 Å². The summed E-state index contributed by atoms with van der Waals surface area (Å²) in [6.07, 6.45) is 15.0. The van der Waals surface area contributed by atoms with E-state index in [0.29, 0.717) is 11.3 Å². The number of hydrogen-bond acceptors (Lipinski definition) is 4. The van der Waals surface area contributed by atoms with Gasteiger partial charge in [0, 0.05) is 18.6 Å². The number of ether oxygens (including phenoxy) is 1. The van der Waals surface area contributed by atoms with Gasteiger partial charge in [0.05, 0.1) is 4.92 Å². The predicted molar refractivity (Wildman–Crippen MR) is 95.3 cm³/mol. The Morgan fingerprint density at radius 1 is 1.12 bits per heavy atom. The molecule has 1 aromatic heterocycles. The topological polar surface area (TPSA) is 65.3 Å². The molecular formula is C21H22N2O3. The van der Waals surface area contributed by atoms with Crippen LogP contribution in [-0.4, -0.2) is 9.91 Å². The fraction of sp³-hybridized carbons (Fsp3) is 0.571. The highest BCUT2D eigenvalue weighted by Crippen LogP contribution is 2.85. The van der Waals surface area contributed by atoms with Crippen molar-refractivity contribution in [3.63, 3.8) is 0 Å². The highest BCUT2D eigenvalue weighted by Gasteiger charge is 2.77. The molecule has 0 aromatic carbocycles. The number of pyridine rings is 1. The Kier molecular flexibility index (Phi) is 2.73. The lowest BCUT2D eigenvalue weighted by atomic mass is 9.38. The summed E-state index contributed by atoms with van der Waals surface area (Å²) < 4.78 is 5.84. The van der Waals surface area contributed by atoms with Crippen molar-refractivity contribution in [1.29, 1.82) is 0 Å². The predicted octanol–water partition coefficient (Wildman–Crippen LogP) is 4.80. The van der Waals surface area contributed by atoms with Gasteiger partial charge in [0.25, 0.3) is 5.69 Å². The molecule has 1 aromatic rings. The largest absolute Gasteiger partial charge is 0.443 e. The van der Waals surface area contributed by atoms with Crippen LogP contribution >= 0.6 is 0 Å². The van der Waals surface area contributed by atoms with Crippen LogP contribution in [0.4, 0.5) is 5.69 Å². The van der Waals surface area contributed by atoms with Gasteiger partial charge in [-0.05, 0) is 73.2 Å². The Hall–Kier alpha value is -2.17. The Morgan fingerprint density at radius 2 is 1.92 bits per heavy atom. The van der Waals surface area contributed by atoms with Crippen LogP contribution < -0.4 is 4.74 Å². The van der Waals surface area contributed by atoms with Crippen molar-refractivity contribution in [2.75, 3.05) is 0 Å². The molecule has 0 aliphatic heterocycles. The van der Waals surface area contributed by atoms with E-state index in [0.717, 1.165) is 41.8 Å². The number of rotatable bonds is 4. The third-order valence-corrected chi connectivity index (χ3v) is 8.30. The molecule has 2 unspecified atom stereocenters. The number of hydrogen-bond donors (Lipinski definition) is 0. The Labute approximate surface area is 152 Å². The van der Waals surface area contributed by atoms with Gasteiger partial charge in [-0.3, -0.25) is 10.1 Å². The Bertz CT molecular complexity index is 854. The Morgan fingerprint density at radius 3 is 2.46 bits per heavy atom. The molecule has 0 radical (unpaired) electrons. The number of nitrogens with zero attached hydrogens (tertiary/aromatic N) is 2. The van der Waals surface area contributed by atoms with E-state index in [9.17, 15) is 10.1 Å². The number of nitro groups is 1. The second-order valence-electron chi connectivity index (χ2n) is 9.08. The molecule has 2 atom stereocenters. The molecule has 5 nitrogen and oxygen atoms in total. The lowest BCUT2D eigenvalue weighted by molar-refractivity contribution is -0.385. The van der Waals surface area contributed by atoms with Crippen molar-refractivity contribution < 1.29 is 9.66 Å². The van der Waals surface area contributed by atoms with Crippen LogP contribution in [0.15, 0.2) is 41.8 Å². The number of aromatic nitrogens is 1. The van der Waals surface area contributed by atoms with Gasteiger partial charge in [-0.15, -0.1) is 0 Å². The molecule has 4 fully saturated rings. The van der Waals surface area contributed by atoms with Crippen molar-refractivity contribution in [2.45, 2.75) is 44.9 Å². The van der Waals surface area contributed by atoms with Crippen molar-refractivity contribution >= 4 is 5.69 Å². The lowest BCUT2D eigenvalue weighted by Crippen LogP contribution is -2.59. The molecular weight excluding hydrogens is 328 g/mol. The van der Waals surface area contributed by atoms with Crippen LogP contribution in [0.5, 0.6) is 5.88 Å². The molecule has 1 heterocycles. The summed E-state index contributed by atoms with van der Waals surface area (Å²) in [5.41, 5.74) is 2.90. The third kappa shape index (κ3) is 1.74. The van der Waals surface area contributed by atoms with E-state index in [2.05, 4.69) is 17.1 Å². The fourth-order valence-corrected chi connectivity index (χ4v) is 7.27. The molecule has 26 heavy (non-hydrogen) atoms. The fourth-order valence-electron chi connectivity index (χ4n) is 7.27. The van der Waals surface area contributed by atoms with E-state index in [4.69, 9.17) is 4.74 Å². The molecule has 0 N–H and O–H groups in total. The molecule has 4 saturated carbocycles. The quantitative estimate of drug-likeness (QED) is 0.578.